The molecule has 0 aliphatic heterocycles. The van der Waals surface area contributed by atoms with Gasteiger partial charge in [0.1, 0.15) is 11.6 Å². The summed E-state index contributed by atoms with van der Waals surface area (Å²) in [6.07, 6.45) is 1.66. The van der Waals surface area contributed by atoms with Crippen molar-refractivity contribution in [2.75, 3.05) is 7.11 Å². The van der Waals surface area contributed by atoms with E-state index in [-0.39, 0.29) is 5.82 Å². The van der Waals surface area contributed by atoms with Crippen molar-refractivity contribution in [2.45, 2.75) is 0 Å². The summed E-state index contributed by atoms with van der Waals surface area (Å²) >= 11 is 8.64. The fourth-order valence-electron chi connectivity index (χ4n) is 2.07. The Morgan fingerprint density at radius 3 is 2.71 bits per heavy atom. The zero-order chi connectivity index (χ0) is 17.1. The van der Waals surface area contributed by atoms with Crippen LogP contribution < -0.4 is 4.74 Å². The standard InChI is InChI=1S/C16H12BrFN4OS/c1-23-14-7-2-10(8-13(14)17)9-19-22-15(20-21-16(22)24)11-3-5-12(18)6-4-11/h2-9H,1H3,(H,21,24). The Morgan fingerprint density at radius 2 is 2.04 bits per heavy atom. The van der Waals surface area contributed by atoms with Crippen LogP contribution in [0.2, 0.25) is 0 Å². The predicted octanol–water partition coefficient (Wildman–Crippen LogP) is 4.40. The highest BCUT2D eigenvalue weighted by atomic mass is 79.9. The van der Waals surface area contributed by atoms with E-state index in [1.165, 1.54) is 16.8 Å². The summed E-state index contributed by atoms with van der Waals surface area (Å²) in [4.78, 5) is 0. The Hall–Kier alpha value is -2.32. The zero-order valence-electron chi connectivity index (χ0n) is 12.5. The number of rotatable bonds is 4. The number of H-pyrrole nitrogens is 1. The smallest absolute Gasteiger partial charge is 0.216 e. The molecule has 3 rings (SSSR count). The molecule has 0 saturated carbocycles. The average Bonchev–Trinajstić information content (AvgIpc) is 2.94. The highest BCUT2D eigenvalue weighted by Crippen LogP contribution is 2.25. The van der Waals surface area contributed by atoms with Crippen molar-refractivity contribution in [3.8, 4) is 17.1 Å². The van der Waals surface area contributed by atoms with Gasteiger partial charge in [-0.15, -0.1) is 0 Å². The first-order chi connectivity index (χ1) is 11.6. The Balaban J connectivity index is 1.96. The lowest BCUT2D eigenvalue weighted by atomic mass is 10.2. The van der Waals surface area contributed by atoms with Crippen LogP contribution in [0, 0.1) is 10.6 Å². The van der Waals surface area contributed by atoms with Crippen molar-refractivity contribution >= 4 is 34.4 Å². The number of aromatic amines is 1. The third-order valence-corrected chi connectivity index (χ3v) is 4.13. The van der Waals surface area contributed by atoms with Gasteiger partial charge < -0.3 is 4.74 Å². The molecule has 0 unspecified atom stereocenters. The van der Waals surface area contributed by atoms with E-state index in [2.05, 4.69) is 31.2 Å². The fourth-order valence-corrected chi connectivity index (χ4v) is 2.81. The van der Waals surface area contributed by atoms with Gasteiger partial charge in [0.2, 0.25) is 4.77 Å². The lowest BCUT2D eigenvalue weighted by Gasteiger charge is -2.04. The van der Waals surface area contributed by atoms with Gasteiger partial charge in [0.25, 0.3) is 0 Å². The molecule has 0 aliphatic rings. The molecule has 0 spiro atoms. The first-order valence-corrected chi connectivity index (χ1v) is 8.10. The van der Waals surface area contributed by atoms with Crippen molar-refractivity contribution < 1.29 is 9.13 Å². The van der Waals surface area contributed by atoms with Crippen LogP contribution in [-0.4, -0.2) is 28.2 Å². The molecule has 0 fully saturated rings. The number of methoxy groups -OCH3 is 1. The second-order valence-corrected chi connectivity index (χ2v) is 6.05. The van der Waals surface area contributed by atoms with Gasteiger partial charge in [0, 0.05) is 5.56 Å². The van der Waals surface area contributed by atoms with Gasteiger partial charge in [0.05, 0.1) is 17.8 Å². The second kappa shape index (κ2) is 7.06. The fraction of sp³-hybridized carbons (Fsp3) is 0.0625. The van der Waals surface area contributed by atoms with E-state index >= 15 is 0 Å². The molecule has 0 atom stereocenters. The minimum Gasteiger partial charge on any atom is -0.496 e. The average molecular weight is 407 g/mol. The monoisotopic (exact) mass is 406 g/mol. The lowest BCUT2D eigenvalue weighted by molar-refractivity contribution is 0.412. The molecule has 1 N–H and O–H groups in total. The van der Waals surface area contributed by atoms with Crippen LogP contribution in [0.1, 0.15) is 5.56 Å². The van der Waals surface area contributed by atoms with Crippen LogP contribution in [0.4, 0.5) is 4.39 Å². The first kappa shape index (κ1) is 16.5. The molecule has 24 heavy (non-hydrogen) atoms. The highest BCUT2D eigenvalue weighted by molar-refractivity contribution is 9.10. The summed E-state index contributed by atoms with van der Waals surface area (Å²) in [7, 11) is 1.60. The number of ether oxygens (including phenoxy) is 1. The topological polar surface area (TPSA) is 55.2 Å². The van der Waals surface area contributed by atoms with Gasteiger partial charge in [-0.1, -0.05) is 0 Å². The minimum atomic E-state index is -0.314. The van der Waals surface area contributed by atoms with E-state index in [1.807, 2.05) is 18.2 Å². The van der Waals surface area contributed by atoms with Crippen LogP contribution >= 0.6 is 28.1 Å². The summed E-state index contributed by atoms with van der Waals surface area (Å²) in [5, 5.41) is 11.2. The van der Waals surface area contributed by atoms with Crippen molar-refractivity contribution in [3.63, 3.8) is 0 Å². The maximum absolute atomic E-state index is 13.1. The molecule has 1 aromatic heterocycles. The van der Waals surface area contributed by atoms with Gasteiger partial charge in [-0.05, 0) is 76.2 Å². The van der Waals surface area contributed by atoms with Crippen LogP contribution in [0.5, 0.6) is 5.75 Å². The van der Waals surface area contributed by atoms with Gasteiger partial charge in [-0.25, -0.2) is 9.49 Å². The molecule has 3 aromatic rings. The number of hydrogen-bond acceptors (Lipinski definition) is 4. The maximum Gasteiger partial charge on any atom is 0.216 e. The van der Waals surface area contributed by atoms with Crippen molar-refractivity contribution in [1.29, 1.82) is 0 Å². The van der Waals surface area contributed by atoms with E-state index in [4.69, 9.17) is 17.0 Å². The molecule has 0 radical (unpaired) electrons. The largest absolute Gasteiger partial charge is 0.496 e. The number of benzene rings is 2. The molecule has 122 valence electrons. The van der Waals surface area contributed by atoms with E-state index < -0.39 is 0 Å². The van der Waals surface area contributed by atoms with Crippen molar-refractivity contribution in [1.82, 2.24) is 14.9 Å². The summed E-state index contributed by atoms with van der Waals surface area (Å²) < 4.78 is 20.9. The summed E-state index contributed by atoms with van der Waals surface area (Å²) in [6, 6.07) is 11.6. The van der Waals surface area contributed by atoms with E-state index in [0.29, 0.717) is 16.2 Å². The van der Waals surface area contributed by atoms with Crippen LogP contribution in [0.25, 0.3) is 11.4 Å². The van der Waals surface area contributed by atoms with Crippen molar-refractivity contribution in [2.24, 2.45) is 5.10 Å². The van der Waals surface area contributed by atoms with Crippen LogP contribution in [-0.2, 0) is 0 Å². The highest BCUT2D eigenvalue weighted by Gasteiger charge is 2.08. The molecule has 0 bridgehead atoms. The Labute approximate surface area is 150 Å². The van der Waals surface area contributed by atoms with Crippen LogP contribution in [0.15, 0.2) is 52.0 Å². The minimum absolute atomic E-state index is 0.314. The second-order valence-electron chi connectivity index (χ2n) is 4.81. The Kier molecular flexibility index (Phi) is 4.86. The number of nitrogens with one attached hydrogen (secondary N) is 1. The SMILES string of the molecule is COc1ccc(C=Nn2c(-c3ccc(F)cc3)n[nH]c2=S)cc1Br. The molecule has 2 aromatic carbocycles. The number of nitrogens with zero attached hydrogens (tertiary/aromatic N) is 3. The van der Waals surface area contributed by atoms with E-state index in [9.17, 15) is 4.39 Å². The molecular weight excluding hydrogens is 395 g/mol. The molecular formula is C16H12BrFN4OS. The summed E-state index contributed by atoms with van der Waals surface area (Å²) in [5.41, 5.74) is 1.56. The molecule has 8 heteroatoms. The Morgan fingerprint density at radius 1 is 1.29 bits per heavy atom. The maximum atomic E-state index is 13.1. The normalized spacial score (nSPS) is 11.1. The number of hydrogen-bond donors (Lipinski definition) is 1. The van der Waals surface area contributed by atoms with Crippen molar-refractivity contribution in [3.05, 3.63) is 63.1 Å². The van der Waals surface area contributed by atoms with Crippen LogP contribution in [0.3, 0.4) is 0 Å². The number of aromatic nitrogens is 3. The Bertz CT molecular complexity index is 949. The van der Waals surface area contributed by atoms with Gasteiger partial charge >= 0.3 is 0 Å². The summed E-state index contributed by atoms with van der Waals surface area (Å²) in [5.74, 6) is 0.925. The third-order valence-electron chi connectivity index (χ3n) is 3.25. The molecule has 0 saturated heterocycles. The third kappa shape index (κ3) is 3.44. The molecule has 1 heterocycles. The zero-order valence-corrected chi connectivity index (χ0v) is 14.9. The summed E-state index contributed by atoms with van der Waals surface area (Å²) in [6.45, 7) is 0. The van der Waals surface area contributed by atoms with Gasteiger partial charge in [-0.2, -0.15) is 14.9 Å². The number of halogens is 2. The molecule has 0 aliphatic carbocycles. The quantitative estimate of drug-likeness (QED) is 0.515. The van der Waals surface area contributed by atoms with Gasteiger partial charge in [-0.3, -0.25) is 0 Å². The van der Waals surface area contributed by atoms with E-state index in [1.54, 1.807) is 25.5 Å². The molecule has 0 amide bonds. The van der Waals surface area contributed by atoms with E-state index in [0.717, 1.165) is 15.8 Å². The lowest BCUT2D eigenvalue weighted by Crippen LogP contribution is -1.95. The van der Waals surface area contributed by atoms with Gasteiger partial charge in [0.15, 0.2) is 5.82 Å². The predicted molar refractivity (Wildman–Crippen MR) is 96.5 cm³/mol. The first-order valence-electron chi connectivity index (χ1n) is 6.90. The molecule has 5 nitrogen and oxygen atoms in total.